The van der Waals surface area contributed by atoms with Crippen LogP contribution in [0, 0.1) is 12.3 Å². The van der Waals surface area contributed by atoms with Crippen molar-refractivity contribution < 1.29 is 9.53 Å². The number of carbonyl (C=O) groups excluding carboxylic acids is 1. The number of ether oxygens (including phenoxy) is 1. The Balaban J connectivity index is 1.97. The van der Waals surface area contributed by atoms with Crippen molar-refractivity contribution in [3.63, 3.8) is 0 Å². The van der Waals surface area contributed by atoms with Crippen LogP contribution in [0.3, 0.4) is 0 Å². The summed E-state index contributed by atoms with van der Waals surface area (Å²) in [5.74, 6) is 0.797. The van der Waals surface area contributed by atoms with E-state index in [1.54, 1.807) is 6.07 Å². The molecular weight excluding hydrogens is 240 g/mol. The molecule has 1 aromatic carbocycles. The van der Waals surface area contributed by atoms with Crippen LogP contribution in [-0.2, 0) is 0 Å². The summed E-state index contributed by atoms with van der Waals surface area (Å²) in [5, 5.41) is 2.97. The zero-order valence-electron chi connectivity index (χ0n) is 11.7. The summed E-state index contributed by atoms with van der Waals surface area (Å²) in [6, 6.07) is 5.52. The Morgan fingerprint density at radius 3 is 2.74 bits per heavy atom. The van der Waals surface area contributed by atoms with E-state index >= 15 is 0 Å². The highest BCUT2D eigenvalue weighted by molar-refractivity contribution is 5.94. The second-order valence-electron chi connectivity index (χ2n) is 5.30. The topological polar surface area (TPSA) is 64.3 Å². The largest absolute Gasteiger partial charge is 0.494 e. The summed E-state index contributed by atoms with van der Waals surface area (Å²) < 4.78 is 5.46. The molecule has 0 bridgehead atoms. The average Bonchev–Trinajstić information content (AvgIpc) is 3.19. The maximum Gasteiger partial charge on any atom is 0.251 e. The van der Waals surface area contributed by atoms with Crippen molar-refractivity contribution in [1.29, 1.82) is 0 Å². The molecule has 1 aliphatic rings. The number of rotatable bonds is 6. The first-order valence-electron chi connectivity index (χ1n) is 6.82. The number of aryl methyl sites for hydroxylation is 1. The van der Waals surface area contributed by atoms with Crippen molar-refractivity contribution in [1.82, 2.24) is 5.32 Å². The molecule has 4 nitrogen and oxygen atoms in total. The van der Waals surface area contributed by atoms with Gasteiger partial charge < -0.3 is 15.8 Å². The standard InChI is InChI=1S/C15H22N2O2/c1-3-19-13-5-4-12(8-11(13)2)14(18)17-10-15(9-16)6-7-15/h4-5,8H,3,6-7,9-10,16H2,1-2H3,(H,17,18). The quantitative estimate of drug-likeness (QED) is 0.822. The molecule has 1 aliphatic carbocycles. The fourth-order valence-corrected chi connectivity index (χ4v) is 2.11. The fourth-order valence-electron chi connectivity index (χ4n) is 2.11. The molecule has 0 aromatic heterocycles. The van der Waals surface area contributed by atoms with E-state index in [1.165, 1.54) is 0 Å². The molecule has 4 heteroatoms. The minimum Gasteiger partial charge on any atom is -0.494 e. The number of benzene rings is 1. The van der Waals surface area contributed by atoms with Gasteiger partial charge in [-0.1, -0.05) is 0 Å². The number of carbonyl (C=O) groups is 1. The predicted octanol–water partition coefficient (Wildman–Crippen LogP) is 1.86. The molecule has 0 heterocycles. The van der Waals surface area contributed by atoms with Gasteiger partial charge in [-0.2, -0.15) is 0 Å². The Hall–Kier alpha value is -1.55. The summed E-state index contributed by atoms with van der Waals surface area (Å²) in [7, 11) is 0. The molecule has 104 valence electrons. The van der Waals surface area contributed by atoms with E-state index in [9.17, 15) is 4.79 Å². The lowest BCUT2D eigenvalue weighted by Gasteiger charge is -2.14. The molecule has 19 heavy (non-hydrogen) atoms. The number of nitrogens with one attached hydrogen (secondary N) is 1. The van der Waals surface area contributed by atoms with Gasteiger partial charge in [-0.15, -0.1) is 0 Å². The summed E-state index contributed by atoms with van der Waals surface area (Å²) in [4.78, 5) is 12.1. The van der Waals surface area contributed by atoms with Crippen molar-refractivity contribution >= 4 is 5.91 Å². The summed E-state index contributed by atoms with van der Waals surface area (Å²) in [6.45, 7) is 5.85. The van der Waals surface area contributed by atoms with Crippen molar-refractivity contribution in [2.45, 2.75) is 26.7 Å². The normalized spacial score (nSPS) is 15.9. The van der Waals surface area contributed by atoms with Crippen molar-refractivity contribution in [2.75, 3.05) is 19.7 Å². The van der Waals surface area contributed by atoms with Gasteiger partial charge in [0.2, 0.25) is 0 Å². The molecule has 1 aromatic rings. The van der Waals surface area contributed by atoms with Crippen molar-refractivity contribution in [2.24, 2.45) is 11.1 Å². The van der Waals surface area contributed by atoms with E-state index in [2.05, 4.69) is 5.32 Å². The Labute approximate surface area is 114 Å². The van der Waals surface area contributed by atoms with E-state index < -0.39 is 0 Å². The van der Waals surface area contributed by atoms with E-state index in [0.717, 1.165) is 24.2 Å². The van der Waals surface area contributed by atoms with Gasteiger partial charge in [-0.3, -0.25) is 4.79 Å². The van der Waals surface area contributed by atoms with E-state index in [0.29, 0.717) is 25.3 Å². The zero-order valence-corrected chi connectivity index (χ0v) is 11.7. The van der Waals surface area contributed by atoms with Gasteiger partial charge in [0, 0.05) is 17.5 Å². The van der Waals surface area contributed by atoms with Crippen LogP contribution in [-0.4, -0.2) is 25.6 Å². The fraction of sp³-hybridized carbons (Fsp3) is 0.533. The van der Waals surface area contributed by atoms with Crippen LogP contribution >= 0.6 is 0 Å². The highest BCUT2D eigenvalue weighted by Crippen LogP contribution is 2.43. The van der Waals surface area contributed by atoms with Crippen LogP contribution in [0.2, 0.25) is 0 Å². The van der Waals surface area contributed by atoms with Crippen LogP contribution in [0.25, 0.3) is 0 Å². The molecule has 0 saturated heterocycles. The maximum absolute atomic E-state index is 12.1. The summed E-state index contributed by atoms with van der Waals surface area (Å²) in [5.41, 5.74) is 7.52. The molecule has 1 amide bonds. The minimum atomic E-state index is -0.0362. The summed E-state index contributed by atoms with van der Waals surface area (Å²) >= 11 is 0. The first-order valence-corrected chi connectivity index (χ1v) is 6.82. The van der Waals surface area contributed by atoms with Gasteiger partial charge in [0.25, 0.3) is 5.91 Å². The maximum atomic E-state index is 12.1. The molecule has 1 fully saturated rings. The van der Waals surface area contributed by atoms with Crippen LogP contribution in [0.1, 0.15) is 35.7 Å². The monoisotopic (exact) mass is 262 g/mol. The van der Waals surface area contributed by atoms with Gasteiger partial charge >= 0.3 is 0 Å². The first kappa shape index (κ1) is 13.9. The molecule has 1 saturated carbocycles. The number of hydrogen-bond acceptors (Lipinski definition) is 3. The van der Waals surface area contributed by atoms with E-state index in [-0.39, 0.29) is 11.3 Å². The lowest BCUT2D eigenvalue weighted by Crippen LogP contribution is -2.33. The molecule has 0 radical (unpaired) electrons. The molecule has 0 unspecified atom stereocenters. The number of nitrogens with two attached hydrogens (primary N) is 1. The SMILES string of the molecule is CCOc1ccc(C(=O)NCC2(CN)CC2)cc1C. The van der Waals surface area contributed by atoms with Gasteiger partial charge in [-0.05, 0) is 57.0 Å². The average molecular weight is 262 g/mol. The van der Waals surface area contributed by atoms with Crippen LogP contribution in [0.15, 0.2) is 18.2 Å². The number of amides is 1. The summed E-state index contributed by atoms with van der Waals surface area (Å²) in [6.07, 6.45) is 2.23. The second-order valence-corrected chi connectivity index (χ2v) is 5.30. The minimum absolute atomic E-state index is 0.0362. The molecule has 3 N–H and O–H groups in total. The molecule has 0 spiro atoms. The lowest BCUT2D eigenvalue weighted by molar-refractivity contribution is 0.0945. The number of hydrogen-bond donors (Lipinski definition) is 2. The van der Waals surface area contributed by atoms with Crippen LogP contribution in [0.5, 0.6) is 5.75 Å². The van der Waals surface area contributed by atoms with Crippen molar-refractivity contribution in [3.05, 3.63) is 29.3 Å². The Bertz CT molecular complexity index is 467. The third-order valence-corrected chi connectivity index (χ3v) is 3.75. The first-order chi connectivity index (χ1) is 9.10. The zero-order chi connectivity index (χ0) is 13.9. The molecular formula is C15H22N2O2. The third-order valence-electron chi connectivity index (χ3n) is 3.75. The van der Waals surface area contributed by atoms with Crippen LogP contribution < -0.4 is 15.8 Å². The Kier molecular flexibility index (Phi) is 4.10. The Morgan fingerprint density at radius 2 is 2.21 bits per heavy atom. The second kappa shape index (κ2) is 5.61. The predicted molar refractivity (Wildman–Crippen MR) is 75.4 cm³/mol. The van der Waals surface area contributed by atoms with Gasteiger partial charge in [-0.25, -0.2) is 0 Å². The molecule has 0 atom stereocenters. The Morgan fingerprint density at radius 1 is 1.47 bits per heavy atom. The molecule has 0 aliphatic heterocycles. The lowest BCUT2D eigenvalue weighted by atomic mass is 10.1. The van der Waals surface area contributed by atoms with Crippen molar-refractivity contribution in [3.8, 4) is 5.75 Å². The van der Waals surface area contributed by atoms with Gasteiger partial charge in [0.05, 0.1) is 6.61 Å². The molecule has 2 rings (SSSR count). The van der Waals surface area contributed by atoms with Gasteiger partial charge in [0.15, 0.2) is 0 Å². The smallest absolute Gasteiger partial charge is 0.251 e. The van der Waals surface area contributed by atoms with E-state index in [4.69, 9.17) is 10.5 Å². The third kappa shape index (κ3) is 3.26. The van der Waals surface area contributed by atoms with Gasteiger partial charge in [0.1, 0.15) is 5.75 Å². The van der Waals surface area contributed by atoms with E-state index in [1.807, 2.05) is 26.0 Å². The highest BCUT2D eigenvalue weighted by Gasteiger charge is 2.41. The highest BCUT2D eigenvalue weighted by atomic mass is 16.5. The van der Waals surface area contributed by atoms with Crippen LogP contribution in [0.4, 0.5) is 0 Å².